The highest BCUT2D eigenvalue weighted by atomic mass is 16.6. The van der Waals surface area contributed by atoms with Gasteiger partial charge in [0.25, 0.3) is 0 Å². The topological polar surface area (TPSA) is 58.6 Å². The van der Waals surface area contributed by atoms with Crippen LogP contribution < -0.4 is 5.32 Å². The monoisotopic (exact) mass is 324 g/mol. The third-order valence-corrected chi connectivity index (χ3v) is 4.90. The smallest absolute Gasteiger partial charge is 0.407 e. The summed E-state index contributed by atoms with van der Waals surface area (Å²) in [6.07, 6.45) is 6.11. The number of hydrogen-bond acceptors (Lipinski definition) is 3. The normalized spacial score (nSPS) is 26.2. The van der Waals surface area contributed by atoms with Crippen LogP contribution in [0.15, 0.2) is 0 Å². The maximum atomic E-state index is 12.4. The Kier molecular flexibility index (Phi) is 5.93. The van der Waals surface area contributed by atoms with Gasteiger partial charge in [-0.1, -0.05) is 19.8 Å². The maximum absolute atomic E-state index is 12.4. The molecule has 0 radical (unpaired) electrons. The summed E-state index contributed by atoms with van der Waals surface area (Å²) >= 11 is 0. The zero-order valence-electron chi connectivity index (χ0n) is 15.1. The Bertz CT molecular complexity index is 424. The van der Waals surface area contributed by atoms with Crippen LogP contribution in [0.5, 0.6) is 0 Å². The van der Waals surface area contributed by atoms with Crippen LogP contribution in [0.25, 0.3) is 0 Å². The summed E-state index contributed by atoms with van der Waals surface area (Å²) in [6.45, 7) is 9.14. The third kappa shape index (κ3) is 5.70. The number of amides is 2. The second-order valence-corrected chi connectivity index (χ2v) is 8.21. The molecular formula is C18H32N2O3. The number of carbonyl (C=O) groups is 2. The van der Waals surface area contributed by atoms with E-state index in [0.717, 1.165) is 19.5 Å². The van der Waals surface area contributed by atoms with E-state index in [1.807, 2.05) is 25.7 Å². The molecule has 1 saturated heterocycles. The van der Waals surface area contributed by atoms with E-state index in [0.29, 0.717) is 18.2 Å². The molecule has 0 bridgehead atoms. The summed E-state index contributed by atoms with van der Waals surface area (Å²) in [5.74, 6) is 1.14. The Morgan fingerprint density at radius 3 is 2.39 bits per heavy atom. The summed E-state index contributed by atoms with van der Waals surface area (Å²) in [5.41, 5.74) is -0.481. The Balaban J connectivity index is 1.77. The van der Waals surface area contributed by atoms with Crippen molar-refractivity contribution in [1.29, 1.82) is 0 Å². The Hall–Kier alpha value is -1.26. The molecule has 1 saturated carbocycles. The van der Waals surface area contributed by atoms with Gasteiger partial charge in [-0.15, -0.1) is 0 Å². The van der Waals surface area contributed by atoms with Crippen molar-refractivity contribution in [2.75, 3.05) is 13.1 Å². The van der Waals surface area contributed by atoms with Crippen molar-refractivity contribution < 1.29 is 14.3 Å². The molecule has 23 heavy (non-hydrogen) atoms. The molecule has 0 aromatic rings. The number of piperidine rings is 1. The van der Waals surface area contributed by atoms with Gasteiger partial charge in [0.05, 0.1) is 0 Å². The van der Waals surface area contributed by atoms with E-state index >= 15 is 0 Å². The van der Waals surface area contributed by atoms with Gasteiger partial charge in [-0.2, -0.15) is 0 Å². The number of carbonyl (C=O) groups excluding carboxylic acids is 2. The van der Waals surface area contributed by atoms with Crippen LogP contribution in [0.3, 0.4) is 0 Å². The van der Waals surface area contributed by atoms with Gasteiger partial charge in [-0.25, -0.2) is 4.79 Å². The van der Waals surface area contributed by atoms with Gasteiger partial charge in [-0.05, 0) is 51.9 Å². The van der Waals surface area contributed by atoms with E-state index in [1.165, 1.54) is 25.7 Å². The molecule has 1 heterocycles. The number of nitrogens with one attached hydrogen (secondary N) is 1. The minimum Gasteiger partial charge on any atom is -0.444 e. The molecule has 5 nitrogen and oxygen atoms in total. The van der Waals surface area contributed by atoms with E-state index in [9.17, 15) is 9.59 Å². The quantitative estimate of drug-likeness (QED) is 0.866. The fourth-order valence-electron chi connectivity index (χ4n) is 3.64. The molecule has 2 atom stereocenters. The molecule has 0 spiro atoms. The molecule has 132 valence electrons. The molecule has 1 N–H and O–H groups in total. The minimum atomic E-state index is -0.481. The number of alkyl carbamates (subject to hydrolysis) is 1. The van der Waals surface area contributed by atoms with Crippen molar-refractivity contribution in [1.82, 2.24) is 10.2 Å². The molecule has 2 amide bonds. The van der Waals surface area contributed by atoms with Crippen LogP contribution in [0.2, 0.25) is 0 Å². The zero-order chi connectivity index (χ0) is 17.0. The minimum absolute atomic E-state index is 0.0837. The average Bonchev–Trinajstić information content (AvgIpc) is 2.91. The van der Waals surface area contributed by atoms with Gasteiger partial charge < -0.3 is 15.0 Å². The van der Waals surface area contributed by atoms with Gasteiger partial charge in [-0.3, -0.25) is 4.79 Å². The van der Waals surface area contributed by atoms with Crippen molar-refractivity contribution in [2.45, 2.75) is 77.9 Å². The van der Waals surface area contributed by atoms with E-state index in [1.54, 1.807) is 0 Å². The Labute approximate surface area is 140 Å². The van der Waals surface area contributed by atoms with E-state index in [-0.39, 0.29) is 18.1 Å². The molecule has 2 rings (SSSR count). The lowest BCUT2D eigenvalue weighted by Crippen LogP contribution is -2.52. The zero-order valence-corrected chi connectivity index (χ0v) is 15.1. The second-order valence-electron chi connectivity index (χ2n) is 8.21. The van der Waals surface area contributed by atoms with Crippen molar-refractivity contribution in [3.8, 4) is 0 Å². The van der Waals surface area contributed by atoms with Crippen LogP contribution >= 0.6 is 0 Å². The number of likely N-dealkylation sites (tertiary alicyclic amines) is 1. The van der Waals surface area contributed by atoms with Crippen LogP contribution in [0.4, 0.5) is 4.79 Å². The first-order valence-electron chi connectivity index (χ1n) is 9.02. The predicted molar refractivity (Wildman–Crippen MR) is 90.1 cm³/mol. The Morgan fingerprint density at radius 1 is 1.17 bits per heavy atom. The lowest BCUT2D eigenvalue weighted by Gasteiger charge is -2.37. The first-order chi connectivity index (χ1) is 10.7. The van der Waals surface area contributed by atoms with E-state index in [4.69, 9.17) is 4.74 Å². The van der Waals surface area contributed by atoms with E-state index < -0.39 is 5.60 Å². The van der Waals surface area contributed by atoms with Crippen LogP contribution in [-0.2, 0) is 9.53 Å². The first-order valence-corrected chi connectivity index (χ1v) is 9.02. The summed E-state index contributed by atoms with van der Waals surface area (Å²) < 4.78 is 5.32. The summed E-state index contributed by atoms with van der Waals surface area (Å²) in [7, 11) is 0. The van der Waals surface area contributed by atoms with Gasteiger partial charge in [0.1, 0.15) is 5.60 Å². The van der Waals surface area contributed by atoms with Gasteiger partial charge in [0, 0.05) is 25.6 Å². The van der Waals surface area contributed by atoms with Crippen LogP contribution in [-0.4, -0.2) is 41.6 Å². The standard InChI is InChI=1S/C18H32N2O3/c1-13-12-20(16(21)11-14-7-5-6-8-14)10-9-15(13)19-17(22)23-18(2,3)4/h13-15H,5-12H2,1-4H3,(H,19,22). The van der Waals surface area contributed by atoms with Crippen molar-refractivity contribution >= 4 is 12.0 Å². The molecule has 1 aliphatic heterocycles. The van der Waals surface area contributed by atoms with Gasteiger partial charge in [0.2, 0.25) is 5.91 Å². The van der Waals surface area contributed by atoms with Crippen molar-refractivity contribution in [3.63, 3.8) is 0 Å². The van der Waals surface area contributed by atoms with Crippen LogP contribution in [0.1, 0.15) is 66.2 Å². The Morgan fingerprint density at radius 2 is 1.83 bits per heavy atom. The van der Waals surface area contributed by atoms with E-state index in [2.05, 4.69) is 12.2 Å². The van der Waals surface area contributed by atoms with Crippen molar-refractivity contribution in [2.24, 2.45) is 11.8 Å². The van der Waals surface area contributed by atoms with Gasteiger partial charge >= 0.3 is 6.09 Å². The highest BCUT2D eigenvalue weighted by molar-refractivity contribution is 5.76. The molecule has 2 aliphatic rings. The molecule has 2 fully saturated rings. The summed E-state index contributed by atoms with van der Waals surface area (Å²) in [4.78, 5) is 26.3. The molecule has 0 aromatic carbocycles. The highest BCUT2D eigenvalue weighted by Crippen LogP contribution is 2.29. The highest BCUT2D eigenvalue weighted by Gasteiger charge is 2.31. The lowest BCUT2D eigenvalue weighted by atomic mass is 9.93. The summed E-state index contributed by atoms with van der Waals surface area (Å²) in [6, 6.07) is 0.0837. The second kappa shape index (κ2) is 7.54. The largest absolute Gasteiger partial charge is 0.444 e. The predicted octanol–water partition coefficient (Wildman–Crippen LogP) is 3.33. The maximum Gasteiger partial charge on any atom is 0.407 e. The third-order valence-electron chi connectivity index (χ3n) is 4.90. The average molecular weight is 324 g/mol. The molecule has 5 heteroatoms. The molecule has 1 aliphatic carbocycles. The lowest BCUT2D eigenvalue weighted by molar-refractivity contribution is -0.134. The SMILES string of the molecule is CC1CN(C(=O)CC2CCCC2)CCC1NC(=O)OC(C)(C)C. The molecule has 0 aromatic heterocycles. The van der Waals surface area contributed by atoms with Crippen LogP contribution in [0, 0.1) is 11.8 Å². The fraction of sp³-hybridized carbons (Fsp3) is 0.889. The number of nitrogens with zero attached hydrogens (tertiary/aromatic N) is 1. The number of rotatable bonds is 3. The summed E-state index contributed by atoms with van der Waals surface area (Å²) in [5, 5.41) is 2.96. The first kappa shape index (κ1) is 18.1. The van der Waals surface area contributed by atoms with Crippen molar-refractivity contribution in [3.05, 3.63) is 0 Å². The van der Waals surface area contributed by atoms with Gasteiger partial charge in [0.15, 0.2) is 0 Å². The number of ether oxygens (including phenoxy) is 1. The fourth-order valence-corrected chi connectivity index (χ4v) is 3.64. The molecule has 2 unspecified atom stereocenters. The molecular weight excluding hydrogens is 292 g/mol. The number of hydrogen-bond donors (Lipinski definition) is 1.